The molecule has 1 aliphatic carbocycles. The molecule has 156 valence electrons. The van der Waals surface area contributed by atoms with Gasteiger partial charge in [-0.15, -0.1) is 0 Å². The molecule has 5 rings (SSSR count). The van der Waals surface area contributed by atoms with Gasteiger partial charge in [-0.3, -0.25) is 4.79 Å². The summed E-state index contributed by atoms with van der Waals surface area (Å²) in [6.07, 6.45) is 0.753. The van der Waals surface area contributed by atoms with Gasteiger partial charge in [-0.25, -0.2) is 4.39 Å². The number of aliphatic carboxylic acids is 1. The molecule has 2 heterocycles. The minimum atomic E-state index is -0.822. The fraction of sp³-hybridized carbons (Fsp3) is 0.375. The average Bonchev–Trinajstić information content (AvgIpc) is 3.01. The van der Waals surface area contributed by atoms with Crippen molar-refractivity contribution in [2.75, 3.05) is 6.61 Å². The van der Waals surface area contributed by atoms with Crippen molar-refractivity contribution in [3.05, 3.63) is 59.0 Å². The largest absolute Gasteiger partial charge is 0.507 e. The van der Waals surface area contributed by atoms with E-state index in [4.69, 9.17) is 4.74 Å². The number of carboxylic acid groups (broad SMARTS) is 1. The van der Waals surface area contributed by atoms with Crippen LogP contribution in [0.3, 0.4) is 0 Å². The molecule has 30 heavy (non-hydrogen) atoms. The highest BCUT2D eigenvalue weighted by Crippen LogP contribution is 2.58. The number of aromatic nitrogens is 1. The van der Waals surface area contributed by atoms with E-state index >= 15 is 0 Å². The van der Waals surface area contributed by atoms with E-state index in [1.54, 1.807) is 31.2 Å². The molecular formula is C24H24FNO4. The monoisotopic (exact) mass is 409 g/mol. The van der Waals surface area contributed by atoms with Crippen LogP contribution in [0, 0.1) is 18.7 Å². The number of phenols is 1. The Hall–Kier alpha value is -2.86. The smallest absolute Gasteiger partial charge is 0.306 e. The number of ether oxygens (including phenoxy) is 1. The molecule has 3 aromatic rings. The Balaban J connectivity index is 1.86. The molecule has 1 spiro atoms. The molecule has 1 fully saturated rings. The van der Waals surface area contributed by atoms with Gasteiger partial charge in [-0.05, 0) is 55.7 Å². The van der Waals surface area contributed by atoms with E-state index in [1.807, 2.05) is 6.07 Å². The Morgan fingerprint density at radius 1 is 1.23 bits per heavy atom. The summed E-state index contributed by atoms with van der Waals surface area (Å²) >= 11 is 0. The first-order chi connectivity index (χ1) is 14.1. The zero-order chi connectivity index (χ0) is 21.4. The molecule has 0 amide bonds. The number of halogens is 1. The third kappa shape index (κ3) is 2.46. The predicted molar refractivity (Wildman–Crippen MR) is 111 cm³/mol. The molecule has 2 N–H and O–H groups in total. The van der Waals surface area contributed by atoms with Gasteiger partial charge in [0.2, 0.25) is 0 Å². The number of carbonyl (C=O) groups is 1. The fourth-order valence-corrected chi connectivity index (χ4v) is 5.13. The number of hydrogen-bond acceptors (Lipinski definition) is 3. The van der Waals surface area contributed by atoms with E-state index in [2.05, 4.69) is 18.4 Å². The lowest BCUT2D eigenvalue weighted by Gasteiger charge is -2.51. The Kier molecular flexibility index (Phi) is 3.87. The van der Waals surface area contributed by atoms with Gasteiger partial charge in [-0.1, -0.05) is 19.9 Å². The van der Waals surface area contributed by atoms with E-state index in [1.165, 1.54) is 6.07 Å². The van der Waals surface area contributed by atoms with Crippen LogP contribution < -0.4 is 0 Å². The third-order valence-electron chi connectivity index (χ3n) is 6.68. The van der Waals surface area contributed by atoms with E-state index in [0.717, 1.165) is 22.5 Å². The van der Waals surface area contributed by atoms with Gasteiger partial charge in [0.1, 0.15) is 11.6 Å². The van der Waals surface area contributed by atoms with E-state index in [-0.39, 0.29) is 17.0 Å². The second-order valence-corrected chi connectivity index (χ2v) is 9.27. The van der Waals surface area contributed by atoms with Crippen LogP contribution in [0.5, 0.6) is 5.75 Å². The van der Waals surface area contributed by atoms with Crippen molar-refractivity contribution in [1.82, 2.24) is 4.57 Å². The number of nitrogens with zero attached hydrogens (tertiary/aromatic N) is 1. The van der Waals surface area contributed by atoms with Gasteiger partial charge in [0.25, 0.3) is 0 Å². The third-order valence-corrected chi connectivity index (χ3v) is 6.68. The van der Waals surface area contributed by atoms with Crippen LogP contribution in [-0.2, 0) is 20.5 Å². The number of fused-ring (bicyclic) bond motifs is 4. The SMILES string of the molecule is Cc1cc(-n2c3c(c4c(O)cccc42)[C@]2(C[C@H](C(=O)O)C2)OCC3(C)C)ccc1F. The summed E-state index contributed by atoms with van der Waals surface area (Å²) in [5, 5.41) is 21.0. The number of carboxylic acids is 1. The quantitative estimate of drug-likeness (QED) is 0.639. The lowest BCUT2D eigenvalue weighted by molar-refractivity contribution is -0.180. The van der Waals surface area contributed by atoms with Crippen molar-refractivity contribution in [3.63, 3.8) is 0 Å². The first-order valence-corrected chi connectivity index (χ1v) is 10.2. The van der Waals surface area contributed by atoms with Gasteiger partial charge in [0.15, 0.2) is 0 Å². The summed E-state index contributed by atoms with van der Waals surface area (Å²) in [5.41, 5.74) is 2.89. The summed E-state index contributed by atoms with van der Waals surface area (Å²) in [6.45, 7) is 6.32. The predicted octanol–water partition coefficient (Wildman–Crippen LogP) is 4.78. The van der Waals surface area contributed by atoms with E-state index in [9.17, 15) is 19.4 Å². The summed E-state index contributed by atoms with van der Waals surface area (Å²) in [7, 11) is 0. The minimum Gasteiger partial charge on any atom is -0.507 e. The number of hydrogen-bond donors (Lipinski definition) is 2. The van der Waals surface area contributed by atoms with E-state index < -0.39 is 17.5 Å². The Labute approximate surface area is 173 Å². The molecule has 5 nitrogen and oxygen atoms in total. The second-order valence-electron chi connectivity index (χ2n) is 9.27. The Bertz CT molecular complexity index is 1200. The van der Waals surface area contributed by atoms with Crippen molar-refractivity contribution < 1.29 is 24.1 Å². The number of benzene rings is 2. The van der Waals surface area contributed by atoms with Gasteiger partial charge >= 0.3 is 5.97 Å². The summed E-state index contributed by atoms with van der Waals surface area (Å²) < 4.78 is 22.4. The first kappa shape index (κ1) is 19.1. The maximum atomic E-state index is 14.0. The number of rotatable bonds is 2. The zero-order valence-electron chi connectivity index (χ0n) is 17.2. The van der Waals surface area contributed by atoms with Crippen molar-refractivity contribution in [2.45, 2.75) is 44.6 Å². The topological polar surface area (TPSA) is 71.7 Å². The highest BCUT2D eigenvalue weighted by atomic mass is 19.1. The normalized spacial score (nSPS) is 24.6. The van der Waals surface area contributed by atoms with Crippen LogP contribution >= 0.6 is 0 Å². The molecule has 1 saturated carbocycles. The summed E-state index contributed by atoms with van der Waals surface area (Å²) in [6, 6.07) is 10.4. The fourth-order valence-electron chi connectivity index (χ4n) is 5.13. The second kappa shape index (κ2) is 6.08. The van der Waals surface area contributed by atoms with Crippen molar-refractivity contribution in [1.29, 1.82) is 0 Å². The zero-order valence-corrected chi connectivity index (χ0v) is 17.2. The molecule has 1 aliphatic heterocycles. The van der Waals surface area contributed by atoms with Gasteiger partial charge in [-0.2, -0.15) is 0 Å². The summed E-state index contributed by atoms with van der Waals surface area (Å²) in [4.78, 5) is 11.5. The molecule has 2 aromatic carbocycles. The maximum absolute atomic E-state index is 14.0. The molecule has 1 aromatic heterocycles. The maximum Gasteiger partial charge on any atom is 0.306 e. The lowest BCUT2D eigenvalue weighted by atomic mass is 9.63. The van der Waals surface area contributed by atoms with Crippen LogP contribution in [-0.4, -0.2) is 27.4 Å². The number of aromatic hydroxyl groups is 1. The minimum absolute atomic E-state index is 0.140. The van der Waals surface area contributed by atoms with Crippen molar-refractivity contribution in [2.24, 2.45) is 5.92 Å². The van der Waals surface area contributed by atoms with Crippen LogP contribution in [0.25, 0.3) is 16.6 Å². The molecule has 0 saturated heterocycles. The molecular weight excluding hydrogens is 385 g/mol. The average molecular weight is 409 g/mol. The highest BCUT2D eigenvalue weighted by Gasteiger charge is 2.57. The summed E-state index contributed by atoms with van der Waals surface area (Å²) in [5.74, 6) is -1.41. The number of phenolic OH excluding ortho intramolecular Hbond substituents is 1. The van der Waals surface area contributed by atoms with Crippen LogP contribution in [0.2, 0.25) is 0 Å². The van der Waals surface area contributed by atoms with Crippen LogP contribution in [0.1, 0.15) is 43.5 Å². The molecule has 0 radical (unpaired) electrons. The Morgan fingerprint density at radius 3 is 2.63 bits per heavy atom. The molecule has 0 bridgehead atoms. The number of aryl methyl sites for hydroxylation is 1. The molecule has 2 aliphatic rings. The standard InChI is InChI=1S/C24H24FNO4/c1-13-9-15(7-8-16(13)25)26-17-5-4-6-18(27)19(17)20-21(26)23(2,3)12-30-24(20)10-14(11-24)22(28)29/h4-9,14,27H,10-12H2,1-3H3,(H,28,29)/t14-,24+. The van der Waals surface area contributed by atoms with Crippen molar-refractivity contribution >= 4 is 16.9 Å². The van der Waals surface area contributed by atoms with Crippen LogP contribution in [0.4, 0.5) is 4.39 Å². The highest BCUT2D eigenvalue weighted by molar-refractivity contribution is 5.94. The van der Waals surface area contributed by atoms with E-state index in [0.29, 0.717) is 30.4 Å². The molecule has 0 atom stereocenters. The van der Waals surface area contributed by atoms with Gasteiger partial charge in [0.05, 0.1) is 23.6 Å². The molecule has 6 heteroatoms. The first-order valence-electron chi connectivity index (χ1n) is 10.2. The lowest BCUT2D eigenvalue weighted by Crippen LogP contribution is -2.52. The molecule has 0 unspecified atom stereocenters. The van der Waals surface area contributed by atoms with Crippen LogP contribution in [0.15, 0.2) is 36.4 Å². The van der Waals surface area contributed by atoms with Gasteiger partial charge < -0.3 is 19.5 Å². The Morgan fingerprint density at radius 2 is 1.97 bits per heavy atom. The van der Waals surface area contributed by atoms with Crippen molar-refractivity contribution in [3.8, 4) is 11.4 Å². The van der Waals surface area contributed by atoms with Gasteiger partial charge in [0, 0.05) is 27.7 Å².